The molecular weight excluding hydrogens is 218 g/mol. The Kier molecular flexibility index (Phi) is 2.48. The number of carbonyl (C=O) groups excluding carboxylic acids is 1. The number of nitrogens with zero attached hydrogens (tertiary/aromatic N) is 1. The Labute approximate surface area is 98.8 Å². The first-order valence-corrected chi connectivity index (χ1v) is 5.93. The molecule has 0 unspecified atom stereocenters. The minimum absolute atomic E-state index is 0.138. The summed E-state index contributed by atoms with van der Waals surface area (Å²) in [6.45, 7) is 3.51. The van der Waals surface area contributed by atoms with Gasteiger partial charge in [0, 0.05) is 32.4 Å². The quantitative estimate of drug-likeness (QED) is 0.698. The van der Waals surface area contributed by atoms with Crippen molar-refractivity contribution in [3.05, 3.63) is 34.2 Å². The van der Waals surface area contributed by atoms with Crippen LogP contribution < -0.4 is 10.9 Å². The SMILES string of the molecule is O=C(c1ccc[nH]c1=O)N1C[C@H]2CNC[C@H]2C1. The monoisotopic (exact) mass is 233 g/mol. The van der Waals surface area contributed by atoms with Gasteiger partial charge in [-0.3, -0.25) is 9.59 Å². The molecule has 0 bridgehead atoms. The van der Waals surface area contributed by atoms with Gasteiger partial charge in [-0.05, 0) is 24.0 Å². The number of H-pyrrole nitrogens is 1. The highest BCUT2D eigenvalue weighted by Crippen LogP contribution is 2.26. The van der Waals surface area contributed by atoms with Gasteiger partial charge in [0.25, 0.3) is 11.5 Å². The Balaban J connectivity index is 1.80. The molecule has 90 valence electrons. The molecule has 1 aromatic heterocycles. The number of amides is 1. The lowest BCUT2D eigenvalue weighted by Crippen LogP contribution is -2.35. The molecule has 0 spiro atoms. The van der Waals surface area contributed by atoms with Gasteiger partial charge in [-0.15, -0.1) is 0 Å². The predicted molar refractivity (Wildman–Crippen MR) is 62.8 cm³/mol. The van der Waals surface area contributed by atoms with Crippen LogP contribution in [0.15, 0.2) is 23.1 Å². The topological polar surface area (TPSA) is 65.2 Å². The van der Waals surface area contributed by atoms with Crippen molar-refractivity contribution < 1.29 is 4.79 Å². The lowest BCUT2D eigenvalue weighted by Gasteiger charge is -2.16. The number of fused-ring (bicyclic) bond motifs is 1. The van der Waals surface area contributed by atoms with E-state index in [0.29, 0.717) is 11.8 Å². The molecule has 0 saturated carbocycles. The van der Waals surface area contributed by atoms with Gasteiger partial charge < -0.3 is 15.2 Å². The molecule has 0 aromatic carbocycles. The maximum absolute atomic E-state index is 12.2. The van der Waals surface area contributed by atoms with E-state index in [1.54, 1.807) is 23.2 Å². The van der Waals surface area contributed by atoms with E-state index in [-0.39, 0.29) is 17.0 Å². The smallest absolute Gasteiger partial charge is 0.260 e. The molecule has 3 heterocycles. The lowest BCUT2D eigenvalue weighted by atomic mass is 10.0. The van der Waals surface area contributed by atoms with E-state index in [4.69, 9.17) is 0 Å². The summed E-state index contributed by atoms with van der Waals surface area (Å²) in [6.07, 6.45) is 1.54. The Bertz CT molecular complexity index is 485. The molecule has 2 N–H and O–H groups in total. The van der Waals surface area contributed by atoms with Crippen LogP contribution in [-0.2, 0) is 0 Å². The van der Waals surface area contributed by atoms with Crippen LogP contribution in [-0.4, -0.2) is 42.0 Å². The third-order valence-corrected chi connectivity index (χ3v) is 3.73. The molecule has 2 saturated heterocycles. The molecule has 3 rings (SSSR count). The maximum atomic E-state index is 12.2. The van der Waals surface area contributed by atoms with Crippen molar-refractivity contribution in [3.63, 3.8) is 0 Å². The van der Waals surface area contributed by atoms with Crippen LogP contribution >= 0.6 is 0 Å². The zero-order valence-corrected chi connectivity index (χ0v) is 9.48. The summed E-state index contributed by atoms with van der Waals surface area (Å²) >= 11 is 0. The molecule has 2 aliphatic heterocycles. The Hall–Kier alpha value is -1.62. The van der Waals surface area contributed by atoms with Crippen molar-refractivity contribution in [1.29, 1.82) is 0 Å². The van der Waals surface area contributed by atoms with Gasteiger partial charge in [-0.25, -0.2) is 0 Å². The molecule has 1 aromatic rings. The van der Waals surface area contributed by atoms with Crippen LogP contribution in [0.1, 0.15) is 10.4 Å². The molecular formula is C12H15N3O2. The van der Waals surface area contributed by atoms with Crippen LogP contribution in [0, 0.1) is 11.8 Å². The van der Waals surface area contributed by atoms with Gasteiger partial charge in [0.15, 0.2) is 0 Å². The van der Waals surface area contributed by atoms with Crippen LogP contribution in [0.5, 0.6) is 0 Å². The van der Waals surface area contributed by atoms with Gasteiger partial charge in [0.05, 0.1) is 0 Å². The number of nitrogens with one attached hydrogen (secondary N) is 2. The highest BCUT2D eigenvalue weighted by Gasteiger charge is 2.38. The van der Waals surface area contributed by atoms with E-state index in [0.717, 1.165) is 26.2 Å². The normalized spacial score (nSPS) is 27.2. The highest BCUT2D eigenvalue weighted by atomic mass is 16.2. The second kappa shape index (κ2) is 4.00. The minimum atomic E-state index is -0.298. The number of hydrogen-bond acceptors (Lipinski definition) is 3. The summed E-state index contributed by atoms with van der Waals surface area (Å²) in [4.78, 5) is 28.1. The summed E-state index contributed by atoms with van der Waals surface area (Å²) in [5.41, 5.74) is -0.0480. The van der Waals surface area contributed by atoms with E-state index in [1.807, 2.05) is 0 Å². The van der Waals surface area contributed by atoms with Crippen LogP contribution in [0.2, 0.25) is 0 Å². The predicted octanol–water partition coefficient (Wildman–Crippen LogP) is -0.334. The van der Waals surface area contributed by atoms with Gasteiger partial charge in [-0.2, -0.15) is 0 Å². The van der Waals surface area contributed by atoms with E-state index in [9.17, 15) is 9.59 Å². The number of carbonyl (C=O) groups is 1. The van der Waals surface area contributed by atoms with Crippen molar-refractivity contribution in [2.24, 2.45) is 11.8 Å². The molecule has 5 heteroatoms. The first-order valence-electron chi connectivity index (χ1n) is 5.93. The molecule has 2 aliphatic rings. The first-order chi connectivity index (χ1) is 8.25. The van der Waals surface area contributed by atoms with Crippen molar-refractivity contribution in [2.45, 2.75) is 0 Å². The first kappa shape index (κ1) is 10.5. The Morgan fingerprint density at radius 1 is 1.29 bits per heavy atom. The highest BCUT2D eigenvalue weighted by molar-refractivity contribution is 5.94. The van der Waals surface area contributed by atoms with Crippen LogP contribution in [0.3, 0.4) is 0 Å². The molecule has 2 atom stereocenters. The van der Waals surface area contributed by atoms with E-state index < -0.39 is 0 Å². The zero-order valence-electron chi connectivity index (χ0n) is 9.48. The molecule has 2 fully saturated rings. The van der Waals surface area contributed by atoms with Crippen molar-refractivity contribution in [3.8, 4) is 0 Å². The zero-order chi connectivity index (χ0) is 11.8. The average Bonchev–Trinajstić information content (AvgIpc) is 2.88. The third kappa shape index (κ3) is 1.76. The van der Waals surface area contributed by atoms with Gasteiger partial charge in [0.2, 0.25) is 0 Å². The number of aromatic nitrogens is 1. The number of hydrogen-bond donors (Lipinski definition) is 2. The minimum Gasteiger partial charge on any atom is -0.338 e. The average molecular weight is 233 g/mol. The number of rotatable bonds is 1. The Morgan fingerprint density at radius 2 is 2.00 bits per heavy atom. The Morgan fingerprint density at radius 3 is 2.65 bits per heavy atom. The second-order valence-corrected chi connectivity index (χ2v) is 4.80. The molecule has 0 radical (unpaired) electrons. The fraction of sp³-hybridized carbons (Fsp3) is 0.500. The summed E-state index contributed by atoms with van der Waals surface area (Å²) < 4.78 is 0. The molecule has 17 heavy (non-hydrogen) atoms. The van der Waals surface area contributed by atoms with E-state index in [2.05, 4.69) is 10.3 Å². The molecule has 1 amide bonds. The molecule has 5 nitrogen and oxygen atoms in total. The van der Waals surface area contributed by atoms with Crippen LogP contribution in [0.4, 0.5) is 0 Å². The maximum Gasteiger partial charge on any atom is 0.260 e. The van der Waals surface area contributed by atoms with Gasteiger partial charge in [-0.1, -0.05) is 0 Å². The van der Waals surface area contributed by atoms with Crippen molar-refractivity contribution in [2.75, 3.05) is 26.2 Å². The van der Waals surface area contributed by atoms with Gasteiger partial charge >= 0.3 is 0 Å². The van der Waals surface area contributed by atoms with Gasteiger partial charge in [0.1, 0.15) is 5.56 Å². The summed E-state index contributed by atoms with van der Waals surface area (Å²) in [7, 11) is 0. The number of pyridine rings is 1. The summed E-state index contributed by atoms with van der Waals surface area (Å²) in [5, 5.41) is 3.33. The lowest BCUT2D eigenvalue weighted by molar-refractivity contribution is 0.0780. The van der Waals surface area contributed by atoms with Crippen molar-refractivity contribution >= 4 is 5.91 Å². The summed E-state index contributed by atoms with van der Waals surface area (Å²) in [5.74, 6) is 0.977. The van der Waals surface area contributed by atoms with E-state index in [1.165, 1.54) is 0 Å². The standard InChI is InChI=1S/C12H15N3O2/c16-11-10(2-1-3-14-11)12(17)15-6-8-4-13-5-9(8)7-15/h1-3,8-9,13H,4-7H2,(H,14,16)/t8-,9+. The number of likely N-dealkylation sites (tertiary alicyclic amines) is 1. The molecule has 0 aliphatic carbocycles. The second-order valence-electron chi connectivity index (χ2n) is 4.80. The fourth-order valence-electron chi connectivity index (χ4n) is 2.78. The van der Waals surface area contributed by atoms with E-state index >= 15 is 0 Å². The van der Waals surface area contributed by atoms with Crippen molar-refractivity contribution in [1.82, 2.24) is 15.2 Å². The fourth-order valence-corrected chi connectivity index (χ4v) is 2.78. The largest absolute Gasteiger partial charge is 0.338 e. The van der Waals surface area contributed by atoms with Crippen LogP contribution in [0.25, 0.3) is 0 Å². The number of aromatic amines is 1. The third-order valence-electron chi connectivity index (χ3n) is 3.73. The summed E-state index contributed by atoms with van der Waals surface area (Å²) in [6, 6.07) is 3.28.